The smallest absolute Gasteiger partial charge is 0.315 e. The lowest BCUT2D eigenvalue weighted by Crippen LogP contribution is -2.42. The van der Waals surface area contributed by atoms with Crippen molar-refractivity contribution in [2.75, 3.05) is 13.1 Å². The predicted molar refractivity (Wildman–Crippen MR) is 116 cm³/mol. The van der Waals surface area contributed by atoms with Crippen LogP contribution in [0.15, 0.2) is 60.0 Å². The number of amides is 3. The lowest BCUT2D eigenvalue weighted by molar-refractivity contribution is -0.120. The molecule has 2 aromatic carbocycles. The predicted octanol–water partition coefficient (Wildman–Crippen LogP) is 3.28. The molecule has 0 saturated carbocycles. The number of urea groups is 1. The molecular weight excluding hydrogens is 384 g/mol. The van der Waals surface area contributed by atoms with Crippen molar-refractivity contribution < 1.29 is 9.59 Å². The highest BCUT2D eigenvalue weighted by molar-refractivity contribution is 7.09. The lowest BCUT2D eigenvalue weighted by atomic mass is 10.1. The number of hydrogen-bond donors (Lipinski definition) is 3. The van der Waals surface area contributed by atoms with Gasteiger partial charge in [-0.05, 0) is 24.5 Å². The molecule has 3 aromatic rings. The molecule has 0 saturated heterocycles. The normalized spacial score (nSPS) is 10.4. The van der Waals surface area contributed by atoms with Crippen LogP contribution < -0.4 is 16.0 Å². The number of carbonyl (C=O) groups excluding carboxylic acids is 2. The largest absolute Gasteiger partial charge is 0.354 e. The summed E-state index contributed by atoms with van der Waals surface area (Å²) in [7, 11) is 0. The van der Waals surface area contributed by atoms with E-state index in [0.717, 1.165) is 33.8 Å². The van der Waals surface area contributed by atoms with Crippen LogP contribution in [0.2, 0.25) is 0 Å². The van der Waals surface area contributed by atoms with Gasteiger partial charge < -0.3 is 16.0 Å². The zero-order chi connectivity index (χ0) is 20.5. The standard InChI is InChI=1S/C22H24N4O2S/c1-16-26-20(15-29-16)19-9-7-17(8-10-19)11-12-23-21(27)14-25-22(28)24-13-18-5-3-2-4-6-18/h2-10,15H,11-14H2,1H3,(H,23,27)(H2,24,25,28). The Balaban J connectivity index is 1.32. The summed E-state index contributed by atoms with van der Waals surface area (Å²) in [5, 5.41) is 11.2. The molecule has 0 aliphatic heterocycles. The van der Waals surface area contributed by atoms with Crippen LogP contribution in [0.25, 0.3) is 11.3 Å². The Bertz CT molecular complexity index is 939. The van der Waals surface area contributed by atoms with Crippen LogP contribution in [-0.4, -0.2) is 30.0 Å². The maximum atomic E-state index is 11.9. The van der Waals surface area contributed by atoms with Crippen LogP contribution >= 0.6 is 11.3 Å². The van der Waals surface area contributed by atoms with Gasteiger partial charge >= 0.3 is 6.03 Å². The van der Waals surface area contributed by atoms with Crippen molar-refractivity contribution >= 4 is 23.3 Å². The summed E-state index contributed by atoms with van der Waals surface area (Å²) in [5.41, 5.74) is 4.22. The molecule has 7 heteroatoms. The van der Waals surface area contributed by atoms with Gasteiger partial charge in [0.05, 0.1) is 17.2 Å². The Kier molecular flexibility index (Phi) is 7.35. The highest BCUT2D eigenvalue weighted by Gasteiger charge is 2.06. The van der Waals surface area contributed by atoms with E-state index in [0.29, 0.717) is 13.1 Å². The summed E-state index contributed by atoms with van der Waals surface area (Å²) in [6.45, 7) is 2.88. The quantitative estimate of drug-likeness (QED) is 0.535. The molecule has 1 aromatic heterocycles. The number of carbonyl (C=O) groups is 2. The Morgan fingerprint density at radius 2 is 1.69 bits per heavy atom. The Hall–Kier alpha value is -3.19. The maximum Gasteiger partial charge on any atom is 0.315 e. The van der Waals surface area contributed by atoms with Gasteiger partial charge in [-0.2, -0.15) is 0 Å². The van der Waals surface area contributed by atoms with E-state index in [1.165, 1.54) is 0 Å². The second-order valence-electron chi connectivity index (χ2n) is 6.57. The van der Waals surface area contributed by atoms with Crippen molar-refractivity contribution in [1.29, 1.82) is 0 Å². The van der Waals surface area contributed by atoms with Crippen LogP contribution in [0.3, 0.4) is 0 Å². The fourth-order valence-electron chi connectivity index (χ4n) is 2.75. The molecule has 3 rings (SSSR count). The fourth-order valence-corrected chi connectivity index (χ4v) is 3.37. The van der Waals surface area contributed by atoms with Gasteiger partial charge in [-0.15, -0.1) is 11.3 Å². The minimum Gasteiger partial charge on any atom is -0.354 e. The van der Waals surface area contributed by atoms with Gasteiger partial charge in [-0.3, -0.25) is 4.79 Å². The molecule has 0 radical (unpaired) electrons. The van der Waals surface area contributed by atoms with E-state index in [1.807, 2.05) is 66.9 Å². The number of aromatic nitrogens is 1. The van der Waals surface area contributed by atoms with Crippen LogP contribution in [0.5, 0.6) is 0 Å². The van der Waals surface area contributed by atoms with Crippen LogP contribution in [0, 0.1) is 6.92 Å². The third-order valence-electron chi connectivity index (χ3n) is 4.31. The maximum absolute atomic E-state index is 11.9. The van der Waals surface area contributed by atoms with E-state index in [9.17, 15) is 9.59 Å². The Labute approximate surface area is 174 Å². The van der Waals surface area contributed by atoms with Gasteiger partial charge in [-0.1, -0.05) is 54.6 Å². The third kappa shape index (κ3) is 6.73. The average Bonchev–Trinajstić information content (AvgIpc) is 3.18. The van der Waals surface area contributed by atoms with Gasteiger partial charge in [-0.25, -0.2) is 9.78 Å². The molecule has 0 spiro atoms. The first-order chi connectivity index (χ1) is 14.1. The Morgan fingerprint density at radius 3 is 2.38 bits per heavy atom. The monoisotopic (exact) mass is 408 g/mol. The number of rotatable bonds is 8. The zero-order valence-electron chi connectivity index (χ0n) is 16.3. The lowest BCUT2D eigenvalue weighted by Gasteiger charge is -2.09. The minimum absolute atomic E-state index is 0.0528. The molecule has 0 bridgehead atoms. The topological polar surface area (TPSA) is 83.1 Å². The molecule has 150 valence electrons. The summed E-state index contributed by atoms with van der Waals surface area (Å²) in [6.07, 6.45) is 0.725. The molecule has 0 fully saturated rings. The van der Waals surface area contributed by atoms with Crippen molar-refractivity contribution in [3.05, 3.63) is 76.1 Å². The number of nitrogens with one attached hydrogen (secondary N) is 3. The molecular formula is C22H24N4O2S. The van der Waals surface area contributed by atoms with E-state index in [1.54, 1.807) is 11.3 Å². The number of thiazole rings is 1. The van der Waals surface area contributed by atoms with Gasteiger partial charge in [0.1, 0.15) is 0 Å². The molecule has 1 heterocycles. The highest BCUT2D eigenvalue weighted by Crippen LogP contribution is 2.21. The molecule has 0 aliphatic carbocycles. The fraction of sp³-hybridized carbons (Fsp3) is 0.227. The average molecular weight is 409 g/mol. The van der Waals surface area contributed by atoms with E-state index in [-0.39, 0.29) is 18.5 Å². The van der Waals surface area contributed by atoms with Crippen molar-refractivity contribution in [3.63, 3.8) is 0 Å². The molecule has 0 aliphatic rings. The number of nitrogens with zero attached hydrogens (tertiary/aromatic N) is 1. The van der Waals surface area contributed by atoms with Crippen molar-refractivity contribution in [3.8, 4) is 11.3 Å². The number of hydrogen-bond acceptors (Lipinski definition) is 4. The van der Waals surface area contributed by atoms with Crippen LogP contribution in [-0.2, 0) is 17.8 Å². The van der Waals surface area contributed by atoms with E-state index in [4.69, 9.17) is 0 Å². The molecule has 6 nitrogen and oxygen atoms in total. The zero-order valence-corrected chi connectivity index (χ0v) is 17.1. The summed E-state index contributed by atoms with van der Waals surface area (Å²) < 4.78 is 0. The van der Waals surface area contributed by atoms with E-state index >= 15 is 0 Å². The van der Waals surface area contributed by atoms with Gasteiger partial charge in [0.2, 0.25) is 5.91 Å². The first kappa shape index (κ1) is 20.5. The molecule has 0 unspecified atom stereocenters. The number of aryl methyl sites for hydroxylation is 1. The molecule has 3 amide bonds. The Morgan fingerprint density at radius 1 is 0.931 bits per heavy atom. The molecule has 3 N–H and O–H groups in total. The van der Waals surface area contributed by atoms with E-state index in [2.05, 4.69) is 20.9 Å². The van der Waals surface area contributed by atoms with Crippen molar-refractivity contribution in [2.45, 2.75) is 19.9 Å². The molecule has 0 atom stereocenters. The van der Waals surface area contributed by atoms with Crippen molar-refractivity contribution in [1.82, 2.24) is 20.9 Å². The van der Waals surface area contributed by atoms with Crippen LogP contribution in [0.4, 0.5) is 4.79 Å². The van der Waals surface area contributed by atoms with Crippen LogP contribution in [0.1, 0.15) is 16.1 Å². The summed E-state index contributed by atoms with van der Waals surface area (Å²) in [6, 6.07) is 17.4. The van der Waals surface area contributed by atoms with Crippen molar-refractivity contribution in [2.24, 2.45) is 0 Å². The van der Waals surface area contributed by atoms with E-state index < -0.39 is 0 Å². The minimum atomic E-state index is -0.364. The number of benzene rings is 2. The SMILES string of the molecule is Cc1nc(-c2ccc(CCNC(=O)CNC(=O)NCc3ccccc3)cc2)cs1. The third-order valence-corrected chi connectivity index (χ3v) is 5.08. The second kappa shape index (κ2) is 10.4. The summed E-state index contributed by atoms with van der Waals surface area (Å²) in [5.74, 6) is -0.213. The second-order valence-corrected chi connectivity index (χ2v) is 7.63. The van der Waals surface area contributed by atoms with Gasteiger partial charge in [0.25, 0.3) is 0 Å². The summed E-state index contributed by atoms with van der Waals surface area (Å²) in [4.78, 5) is 28.1. The van der Waals surface area contributed by atoms with Gasteiger partial charge in [0, 0.05) is 24.0 Å². The highest BCUT2D eigenvalue weighted by atomic mass is 32.1. The first-order valence-corrected chi connectivity index (χ1v) is 10.3. The molecule has 29 heavy (non-hydrogen) atoms. The first-order valence-electron chi connectivity index (χ1n) is 9.44. The summed E-state index contributed by atoms with van der Waals surface area (Å²) >= 11 is 1.64. The van der Waals surface area contributed by atoms with Gasteiger partial charge in [0.15, 0.2) is 0 Å².